The Morgan fingerprint density at radius 3 is 1.29 bits per heavy atom. The second kappa shape index (κ2) is 5.75. The Labute approximate surface area is 88.2 Å². The standard InChI is InChI=1S/C13H24O/c1-2-4-6-8-10-12-13(14-12)11-9-7-5-3-1/h12-13H,1-11H2/t12-,13-/m1/s1. The SMILES string of the molecule is C1CCCCC[C@H]2O[C@@H]2CCCCC1. The molecule has 0 aromatic heterocycles. The van der Waals surface area contributed by atoms with Gasteiger partial charge in [0, 0.05) is 0 Å². The maximum atomic E-state index is 5.66. The Balaban J connectivity index is 1.64. The molecule has 0 aromatic carbocycles. The monoisotopic (exact) mass is 196 g/mol. The van der Waals surface area contributed by atoms with Crippen molar-refractivity contribution < 1.29 is 4.74 Å². The lowest BCUT2D eigenvalue weighted by Crippen LogP contribution is -1.94. The minimum atomic E-state index is 0.663. The molecule has 1 saturated heterocycles. The van der Waals surface area contributed by atoms with E-state index in [2.05, 4.69) is 0 Å². The average Bonchev–Trinajstić information content (AvgIpc) is 2.92. The highest BCUT2D eigenvalue weighted by Gasteiger charge is 2.36. The number of ether oxygens (including phenoxy) is 1. The van der Waals surface area contributed by atoms with E-state index in [1.54, 1.807) is 0 Å². The quantitative estimate of drug-likeness (QED) is 0.532. The molecule has 0 aromatic rings. The van der Waals surface area contributed by atoms with Gasteiger partial charge in [-0.25, -0.2) is 0 Å². The molecule has 0 spiro atoms. The van der Waals surface area contributed by atoms with Gasteiger partial charge in [-0.2, -0.15) is 0 Å². The maximum absolute atomic E-state index is 5.66. The van der Waals surface area contributed by atoms with Crippen LogP contribution in [0.25, 0.3) is 0 Å². The first-order valence-corrected chi connectivity index (χ1v) is 6.62. The molecule has 1 heterocycles. The molecule has 82 valence electrons. The van der Waals surface area contributed by atoms with Crippen LogP contribution in [0, 0.1) is 0 Å². The first-order chi connectivity index (χ1) is 6.97. The highest BCUT2D eigenvalue weighted by Crippen LogP contribution is 2.32. The Morgan fingerprint density at radius 1 is 0.500 bits per heavy atom. The van der Waals surface area contributed by atoms with Crippen molar-refractivity contribution >= 4 is 0 Å². The third-order valence-electron chi connectivity index (χ3n) is 3.66. The van der Waals surface area contributed by atoms with Crippen molar-refractivity contribution in [3.05, 3.63) is 0 Å². The van der Waals surface area contributed by atoms with Gasteiger partial charge in [0.25, 0.3) is 0 Å². The summed E-state index contributed by atoms with van der Waals surface area (Å²) in [6, 6.07) is 0. The number of hydrogen-bond donors (Lipinski definition) is 0. The van der Waals surface area contributed by atoms with E-state index in [1.807, 2.05) is 0 Å². The van der Waals surface area contributed by atoms with Crippen LogP contribution in [0.2, 0.25) is 0 Å². The molecule has 0 radical (unpaired) electrons. The second-order valence-corrected chi connectivity index (χ2v) is 4.97. The molecule has 1 saturated carbocycles. The second-order valence-electron chi connectivity index (χ2n) is 4.97. The summed E-state index contributed by atoms with van der Waals surface area (Å²) in [5.74, 6) is 0. The summed E-state index contributed by atoms with van der Waals surface area (Å²) in [6.07, 6.45) is 17.0. The number of fused-ring (bicyclic) bond motifs is 1. The summed E-state index contributed by atoms with van der Waals surface area (Å²) in [7, 11) is 0. The van der Waals surface area contributed by atoms with Crippen LogP contribution in [0.1, 0.15) is 70.6 Å². The summed E-state index contributed by atoms with van der Waals surface area (Å²) < 4.78 is 5.66. The Bertz CT molecular complexity index is 139. The molecule has 1 nitrogen and oxygen atoms in total. The lowest BCUT2D eigenvalue weighted by molar-refractivity contribution is 0.346. The summed E-state index contributed by atoms with van der Waals surface area (Å²) in [5, 5.41) is 0. The van der Waals surface area contributed by atoms with Crippen LogP contribution in [0.5, 0.6) is 0 Å². The highest BCUT2D eigenvalue weighted by atomic mass is 16.6. The summed E-state index contributed by atoms with van der Waals surface area (Å²) >= 11 is 0. The molecule has 14 heavy (non-hydrogen) atoms. The molecule has 0 N–H and O–H groups in total. The molecule has 0 bridgehead atoms. The lowest BCUT2D eigenvalue weighted by Gasteiger charge is -2.00. The van der Waals surface area contributed by atoms with E-state index in [1.165, 1.54) is 70.6 Å². The van der Waals surface area contributed by atoms with Gasteiger partial charge >= 0.3 is 0 Å². The van der Waals surface area contributed by atoms with Gasteiger partial charge in [-0.3, -0.25) is 0 Å². The van der Waals surface area contributed by atoms with E-state index in [9.17, 15) is 0 Å². The fourth-order valence-electron chi connectivity index (χ4n) is 2.62. The van der Waals surface area contributed by atoms with Gasteiger partial charge in [0.15, 0.2) is 0 Å². The normalized spacial score (nSPS) is 36.0. The van der Waals surface area contributed by atoms with Gasteiger partial charge in [-0.15, -0.1) is 0 Å². The topological polar surface area (TPSA) is 12.5 Å². The van der Waals surface area contributed by atoms with E-state index in [0.29, 0.717) is 12.2 Å². The molecule has 2 aliphatic rings. The van der Waals surface area contributed by atoms with Crippen molar-refractivity contribution in [1.82, 2.24) is 0 Å². The molecule has 0 amide bonds. The van der Waals surface area contributed by atoms with Crippen LogP contribution in [0.15, 0.2) is 0 Å². The van der Waals surface area contributed by atoms with Crippen LogP contribution in [0.3, 0.4) is 0 Å². The fraction of sp³-hybridized carbons (Fsp3) is 1.00. The first kappa shape index (κ1) is 10.5. The minimum absolute atomic E-state index is 0.663. The van der Waals surface area contributed by atoms with E-state index in [4.69, 9.17) is 4.74 Å². The zero-order valence-corrected chi connectivity index (χ0v) is 9.34. The predicted molar refractivity (Wildman–Crippen MR) is 59.4 cm³/mol. The zero-order valence-electron chi connectivity index (χ0n) is 9.34. The molecular weight excluding hydrogens is 172 g/mol. The van der Waals surface area contributed by atoms with Gasteiger partial charge in [-0.05, 0) is 12.8 Å². The van der Waals surface area contributed by atoms with Crippen molar-refractivity contribution in [3.63, 3.8) is 0 Å². The summed E-state index contributed by atoms with van der Waals surface area (Å²) in [6.45, 7) is 0. The number of rotatable bonds is 0. The molecule has 1 aliphatic heterocycles. The van der Waals surface area contributed by atoms with E-state index < -0.39 is 0 Å². The molecule has 1 aliphatic carbocycles. The van der Waals surface area contributed by atoms with Gasteiger partial charge in [0.05, 0.1) is 12.2 Å². The van der Waals surface area contributed by atoms with Crippen LogP contribution >= 0.6 is 0 Å². The zero-order chi connectivity index (χ0) is 9.64. The molecule has 2 atom stereocenters. The van der Waals surface area contributed by atoms with Crippen LogP contribution < -0.4 is 0 Å². The van der Waals surface area contributed by atoms with E-state index >= 15 is 0 Å². The summed E-state index contributed by atoms with van der Waals surface area (Å²) in [4.78, 5) is 0. The fourth-order valence-corrected chi connectivity index (χ4v) is 2.62. The Hall–Kier alpha value is -0.0400. The summed E-state index contributed by atoms with van der Waals surface area (Å²) in [5.41, 5.74) is 0. The maximum Gasteiger partial charge on any atom is 0.0841 e. The van der Waals surface area contributed by atoms with Crippen molar-refractivity contribution in [2.45, 2.75) is 82.8 Å². The molecule has 0 unspecified atom stereocenters. The highest BCUT2D eigenvalue weighted by molar-refractivity contribution is 4.84. The Morgan fingerprint density at radius 2 is 0.857 bits per heavy atom. The molecule has 1 heteroatoms. The molecule has 2 rings (SSSR count). The van der Waals surface area contributed by atoms with Gasteiger partial charge < -0.3 is 4.74 Å². The largest absolute Gasteiger partial charge is 0.370 e. The average molecular weight is 196 g/mol. The van der Waals surface area contributed by atoms with Crippen molar-refractivity contribution in [3.8, 4) is 0 Å². The lowest BCUT2D eigenvalue weighted by atomic mass is 10.1. The first-order valence-electron chi connectivity index (χ1n) is 6.62. The molecule has 2 fully saturated rings. The molecular formula is C13H24O. The van der Waals surface area contributed by atoms with Gasteiger partial charge in [0.1, 0.15) is 0 Å². The predicted octanol–water partition coefficient (Wildman–Crippen LogP) is 4.06. The smallest absolute Gasteiger partial charge is 0.0841 e. The van der Waals surface area contributed by atoms with Crippen molar-refractivity contribution in [2.24, 2.45) is 0 Å². The van der Waals surface area contributed by atoms with Crippen molar-refractivity contribution in [1.29, 1.82) is 0 Å². The minimum Gasteiger partial charge on any atom is -0.370 e. The third-order valence-corrected chi connectivity index (χ3v) is 3.66. The van der Waals surface area contributed by atoms with E-state index in [0.717, 1.165) is 0 Å². The van der Waals surface area contributed by atoms with Crippen LogP contribution in [-0.4, -0.2) is 12.2 Å². The van der Waals surface area contributed by atoms with Gasteiger partial charge in [-0.1, -0.05) is 57.8 Å². The Kier molecular flexibility index (Phi) is 4.30. The van der Waals surface area contributed by atoms with Crippen LogP contribution in [0.4, 0.5) is 0 Å². The number of hydrogen-bond acceptors (Lipinski definition) is 1. The van der Waals surface area contributed by atoms with Crippen molar-refractivity contribution in [2.75, 3.05) is 0 Å². The van der Waals surface area contributed by atoms with Crippen LogP contribution in [-0.2, 0) is 4.74 Å². The van der Waals surface area contributed by atoms with E-state index in [-0.39, 0.29) is 0 Å². The third kappa shape index (κ3) is 3.61. The van der Waals surface area contributed by atoms with Gasteiger partial charge in [0.2, 0.25) is 0 Å². The number of epoxide rings is 1.